The Labute approximate surface area is 166 Å². The number of nitrogens with one attached hydrogen (secondary N) is 3. The van der Waals surface area contributed by atoms with E-state index in [0.29, 0.717) is 11.3 Å². The van der Waals surface area contributed by atoms with Crippen LogP contribution in [0, 0.1) is 11.3 Å². The van der Waals surface area contributed by atoms with Gasteiger partial charge in [0.1, 0.15) is 12.1 Å². The zero-order chi connectivity index (χ0) is 19.9. The second-order valence-electron chi connectivity index (χ2n) is 7.15. The number of quaternary nitrogens is 1. The minimum absolute atomic E-state index is 0.176. The van der Waals surface area contributed by atoms with Gasteiger partial charge < -0.3 is 20.4 Å². The van der Waals surface area contributed by atoms with Crippen molar-refractivity contribution in [1.82, 2.24) is 0 Å². The fourth-order valence-corrected chi connectivity index (χ4v) is 3.45. The zero-order valence-electron chi connectivity index (χ0n) is 16.5. The lowest BCUT2D eigenvalue weighted by Crippen LogP contribution is -3.14. The van der Waals surface area contributed by atoms with Crippen LogP contribution in [0.1, 0.15) is 19.4 Å². The van der Waals surface area contributed by atoms with Crippen LogP contribution >= 0.6 is 0 Å². The van der Waals surface area contributed by atoms with Gasteiger partial charge in [0.05, 0.1) is 44.0 Å². The molecule has 1 fully saturated rings. The van der Waals surface area contributed by atoms with Crippen molar-refractivity contribution in [2.24, 2.45) is 0 Å². The van der Waals surface area contributed by atoms with E-state index in [1.165, 1.54) is 25.3 Å². The third kappa shape index (κ3) is 4.81. The minimum Gasteiger partial charge on any atom is -0.374 e. The lowest BCUT2D eigenvalue weighted by molar-refractivity contribution is -0.898. The highest BCUT2D eigenvalue weighted by Gasteiger charge is 2.19. The number of carbonyl (C=O) groups is 1. The van der Waals surface area contributed by atoms with Crippen molar-refractivity contribution < 1.29 is 9.69 Å². The van der Waals surface area contributed by atoms with Gasteiger partial charge in [-0.3, -0.25) is 4.79 Å². The largest absolute Gasteiger partial charge is 0.374 e. The molecule has 3 rings (SSSR count). The molecule has 1 saturated heterocycles. The van der Waals surface area contributed by atoms with Crippen molar-refractivity contribution in [1.29, 1.82) is 5.26 Å². The van der Waals surface area contributed by atoms with Crippen molar-refractivity contribution in [3.05, 3.63) is 54.1 Å². The van der Waals surface area contributed by atoms with Gasteiger partial charge in [-0.25, -0.2) is 0 Å². The van der Waals surface area contributed by atoms with Crippen molar-refractivity contribution in [2.45, 2.75) is 19.9 Å². The number of rotatable bonds is 6. The van der Waals surface area contributed by atoms with Gasteiger partial charge in [0, 0.05) is 11.4 Å². The van der Waals surface area contributed by atoms with Crippen LogP contribution in [-0.2, 0) is 4.79 Å². The van der Waals surface area contributed by atoms with E-state index in [-0.39, 0.29) is 5.91 Å². The number of benzene rings is 2. The molecule has 2 aromatic rings. The first-order chi connectivity index (χ1) is 13.6. The van der Waals surface area contributed by atoms with E-state index in [0.717, 1.165) is 18.8 Å². The summed E-state index contributed by atoms with van der Waals surface area (Å²) in [6.45, 7) is 9.75. The SMILES string of the molecule is CC[NH+]1CCN(c2ccc(N[C@H](C)C(=O)Nc3ccccc3C#N)cc2)CC1. The molecule has 0 saturated carbocycles. The van der Waals surface area contributed by atoms with E-state index in [4.69, 9.17) is 5.26 Å². The van der Waals surface area contributed by atoms with Gasteiger partial charge in [-0.1, -0.05) is 12.1 Å². The molecule has 6 heteroatoms. The lowest BCUT2D eigenvalue weighted by atomic mass is 10.2. The van der Waals surface area contributed by atoms with Crippen molar-refractivity contribution in [3.8, 4) is 6.07 Å². The Morgan fingerprint density at radius 1 is 1.18 bits per heavy atom. The third-order valence-corrected chi connectivity index (χ3v) is 5.28. The van der Waals surface area contributed by atoms with Crippen LogP contribution in [0.5, 0.6) is 0 Å². The highest BCUT2D eigenvalue weighted by molar-refractivity contribution is 5.97. The Kier molecular flexibility index (Phi) is 6.51. The van der Waals surface area contributed by atoms with Gasteiger partial charge in [0.2, 0.25) is 5.91 Å². The number of anilines is 3. The summed E-state index contributed by atoms with van der Waals surface area (Å²) < 4.78 is 0. The lowest BCUT2D eigenvalue weighted by Gasteiger charge is -2.33. The van der Waals surface area contributed by atoms with Crippen LogP contribution in [0.15, 0.2) is 48.5 Å². The highest BCUT2D eigenvalue weighted by Crippen LogP contribution is 2.19. The molecular formula is C22H28N5O+. The van der Waals surface area contributed by atoms with E-state index in [1.54, 1.807) is 29.2 Å². The molecule has 0 unspecified atom stereocenters. The molecule has 1 atom stereocenters. The molecule has 3 N–H and O–H groups in total. The molecule has 1 aliphatic heterocycles. The number of amides is 1. The molecule has 28 heavy (non-hydrogen) atoms. The Morgan fingerprint density at radius 2 is 1.86 bits per heavy atom. The fourth-order valence-electron chi connectivity index (χ4n) is 3.45. The van der Waals surface area contributed by atoms with Crippen LogP contribution < -0.4 is 20.4 Å². The molecule has 2 aromatic carbocycles. The molecule has 0 radical (unpaired) electrons. The Hall–Kier alpha value is -3.04. The van der Waals surface area contributed by atoms with Crippen LogP contribution in [0.25, 0.3) is 0 Å². The standard InChI is InChI=1S/C22H27N5O/c1-3-26-12-14-27(15-13-26)20-10-8-19(9-11-20)24-17(2)22(28)25-21-7-5-4-6-18(21)16-23/h4-11,17,24H,3,12-15H2,1-2H3,(H,25,28)/p+1/t17-/m1/s1. The maximum absolute atomic E-state index is 12.5. The summed E-state index contributed by atoms with van der Waals surface area (Å²) in [5.74, 6) is -0.176. The fraction of sp³-hybridized carbons (Fsp3) is 0.364. The number of para-hydroxylation sites is 1. The summed E-state index contributed by atoms with van der Waals surface area (Å²) in [5, 5.41) is 15.2. The molecule has 1 amide bonds. The predicted octanol–water partition coefficient (Wildman–Crippen LogP) is 1.72. The molecule has 146 valence electrons. The minimum atomic E-state index is -0.422. The molecule has 0 aromatic heterocycles. The van der Waals surface area contributed by atoms with Crippen molar-refractivity contribution in [2.75, 3.05) is 48.3 Å². The zero-order valence-corrected chi connectivity index (χ0v) is 16.5. The van der Waals surface area contributed by atoms with Crippen LogP contribution in [-0.4, -0.2) is 44.7 Å². The summed E-state index contributed by atoms with van der Waals surface area (Å²) in [6.07, 6.45) is 0. The molecular weight excluding hydrogens is 350 g/mol. The number of likely N-dealkylation sites (N-methyl/N-ethyl adjacent to an activating group) is 1. The summed E-state index contributed by atoms with van der Waals surface area (Å²) >= 11 is 0. The smallest absolute Gasteiger partial charge is 0.246 e. The van der Waals surface area contributed by atoms with E-state index in [9.17, 15) is 4.79 Å². The number of hydrogen-bond donors (Lipinski definition) is 3. The maximum Gasteiger partial charge on any atom is 0.246 e. The van der Waals surface area contributed by atoms with Crippen molar-refractivity contribution in [3.63, 3.8) is 0 Å². The quantitative estimate of drug-likeness (QED) is 0.716. The van der Waals surface area contributed by atoms with Gasteiger partial charge in [-0.05, 0) is 50.2 Å². The van der Waals surface area contributed by atoms with Crippen LogP contribution in [0.4, 0.5) is 17.1 Å². The summed E-state index contributed by atoms with van der Waals surface area (Å²) in [7, 11) is 0. The van der Waals surface area contributed by atoms with E-state index in [2.05, 4.69) is 40.7 Å². The topological polar surface area (TPSA) is 72.6 Å². The normalized spacial score (nSPS) is 15.5. The monoisotopic (exact) mass is 378 g/mol. The first-order valence-electron chi connectivity index (χ1n) is 9.85. The second-order valence-corrected chi connectivity index (χ2v) is 7.15. The number of nitriles is 1. The summed E-state index contributed by atoms with van der Waals surface area (Å²) in [4.78, 5) is 16.5. The number of nitrogens with zero attached hydrogens (tertiary/aromatic N) is 2. The Bertz CT molecular complexity index is 835. The van der Waals surface area contributed by atoms with Gasteiger partial charge in [-0.2, -0.15) is 5.26 Å². The average molecular weight is 379 g/mol. The summed E-state index contributed by atoms with van der Waals surface area (Å²) in [5.41, 5.74) is 3.11. The number of carbonyl (C=O) groups excluding carboxylic acids is 1. The van der Waals surface area contributed by atoms with Gasteiger partial charge >= 0.3 is 0 Å². The average Bonchev–Trinajstić information content (AvgIpc) is 2.74. The molecule has 1 aliphatic rings. The Balaban J connectivity index is 1.56. The van der Waals surface area contributed by atoms with Gasteiger partial charge in [-0.15, -0.1) is 0 Å². The van der Waals surface area contributed by atoms with Crippen LogP contribution in [0.2, 0.25) is 0 Å². The predicted molar refractivity (Wildman–Crippen MR) is 113 cm³/mol. The molecule has 0 bridgehead atoms. The highest BCUT2D eigenvalue weighted by atomic mass is 16.2. The van der Waals surface area contributed by atoms with E-state index < -0.39 is 6.04 Å². The molecule has 0 aliphatic carbocycles. The summed E-state index contributed by atoms with van der Waals surface area (Å²) in [6, 6.07) is 16.9. The third-order valence-electron chi connectivity index (χ3n) is 5.28. The maximum atomic E-state index is 12.5. The molecule has 6 nitrogen and oxygen atoms in total. The Morgan fingerprint density at radius 3 is 2.50 bits per heavy atom. The van der Waals surface area contributed by atoms with E-state index >= 15 is 0 Å². The number of piperazine rings is 1. The van der Waals surface area contributed by atoms with Gasteiger partial charge in [0.25, 0.3) is 0 Å². The van der Waals surface area contributed by atoms with Gasteiger partial charge in [0.15, 0.2) is 0 Å². The first kappa shape index (κ1) is 19.7. The first-order valence-corrected chi connectivity index (χ1v) is 9.85. The van der Waals surface area contributed by atoms with Crippen molar-refractivity contribution >= 4 is 23.0 Å². The van der Waals surface area contributed by atoms with E-state index in [1.807, 2.05) is 19.1 Å². The van der Waals surface area contributed by atoms with Crippen LogP contribution in [0.3, 0.4) is 0 Å². The number of hydrogen-bond acceptors (Lipinski definition) is 4. The molecule has 0 spiro atoms. The second kappa shape index (κ2) is 9.25. The molecule has 1 heterocycles.